The fourth-order valence-electron chi connectivity index (χ4n) is 3.40. The summed E-state index contributed by atoms with van der Waals surface area (Å²) in [6.45, 7) is 3.95. The molecule has 2 aromatic heterocycles. The van der Waals surface area contributed by atoms with Gasteiger partial charge in [0.1, 0.15) is 5.52 Å². The molecule has 1 N–H and O–H groups in total. The molecule has 1 aliphatic heterocycles. The Morgan fingerprint density at radius 2 is 1.85 bits per heavy atom. The summed E-state index contributed by atoms with van der Waals surface area (Å²) in [6, 6.07) is 9.55. The van der Waals surface area contributed by atoms with Crippen molar-refractivity contribution in [3.63, 3.8) is 0 Å². The Labute approximate surface area is 158 Å². The lowest BCUT2D eigenvalue weighted by molar-refractivity contribution is 0.102. The number of nitrogens with one attached hydrogen (secondary N) is 1. The van der Waals surface area contributed by atoms with Crippen LogP contribution in [0.25, 0.3) is 5.52 Å². The number of carbonyl (C=O) groups is 1. The Hall–Kier alpha value is -3.09. The van der Waals surface area contributed by atoms with Crippen LogP contribution >= 0.6 is 0 Å². The first kappa shape index (κ1) is 17.3. The maximum Gasteiger partial charge on any atom is 0.276 e. The molecule has 3 aromatic rings. The molecule has 7 nitrogen and oxygen atoms in total. The molecular weight excluding hydrogens is 340 g/mol. The van der Waals surface area contributed by atoms with Crippen LogP contribution < -0.4 is 15.1 Å². The van der Waals surface area contributed by atoms with Crippen LogP contribution in [0.1, 0.15) is 29.0 Å². The summed E-state index contributed by atoms with van der Waals surface area (Å²) in [4.78, 5) is 21.7. The number of nitrogens with zero attached hydrogens (tertiary/aromatic N) is 5. The van der Waals surface area contributed by atoms with Crippen LogP contribution in [0.2, 0.25) is 0 Å². The molecule has 3 heterocycles. The van der Waals surface area contributed by atoms with Crippen LogP contribution in [0, 0.1) is 6.92 Å². The van der Waals surface area contributed by atoms with Crippen molar-refractivity contribution in [2.75, 3.05) is 42.3 Å². The average Bonchev–Trinajstić information content (AvgIpc) is 3.31. The van der Waals surface area contributed by atoms with Gasteiger partial charge in [-0.3, -0.25) is 4.79 Å². The van der Waals surface area contributed by atoms with E-state index in [-0.39, 0.29) is 5.91 Å². The van der Waals surface area contributed by atoms with Gasteiger partial charge in [0.05, 0.1) is 11.9 Å². The molecule has 1 saturated heterocycles. The summed E-state index contributed by atoms with van der Waals surface area (Å²) in [6.07, 6.45) is 4.20. The third-order valence-corrected chi connectivity index (χ3v) is 4.84. The first-order chi connectivity index (χ1) is 13.0. The van der Waals surface area contributed by atoms with Crippen LogP contribution in [-0.2, 0) is 0 Å². The van der Waals surface area contributed by atoms with Gasteiger partial charge in [0.25, 0.3) is 5.91 Å². The maximum absolute atomic E-state index is 12.7. The van der Waals surface area contributed by atoms with Crippen molar-refractivity contribution >= 4 is 28.6 Å². The number of carbonyl (C=O) groups excluding carboxylic acids is 1. The Balaban J connectivity index is 1.61. The van der Waals surface area contributed by atoms with Gasteiger partial charge in [-0.15, -0.1) is 0 Å². The van der Waals surface area contributed by atoms with Gasteiger partial charge in [-0.1, -0.05) is 0 Å². The SMILES string of the molecule is Cc1cn2nc(C(=O)Nc3ccc(N(C)C)cc3)cc2c(N2CCCC2)n1. The molecule has 0 bridgehead atoms. The second kappa shape index (κ2) is 6.90. The van der Waals surface area contributed by atoms with Gasteiger partial charge in [0, 0.05) is 44.6 Å². The highest BCUT2D eigenvalue weighted by atomic mass is 16.1. The van der Waals surface area contributed by atoms with E-state index in [0.29, 0.717) is 5.69 Å². The van der Waals surface area contributed by atoms with Crippen molar-refractivity contribution in [3.05, 3.63) is 47.9 Å². The fraction of sp³-hybridized carbons (Fsp3) is 0.350. The van der Waals surface area contributed by atoms with Crippen molar-refractivity contribution in [1.82, 2.24) is 14.6 Å². The zero-order valence-electron chi connectivity index (χ0n) is 15.9. The van der Waals surface area contributed by atoms with Crippen LogP contribution in [0.4, 0.5) is 17.2 Å². The van der Waals surface area contributed by atoms with E-state index in [0.717, 1.165) is 41.5 Å². The molecule has 1 aliphatic rings. The number of benzene rings is 1. The lowest BCUT2D eigenvalue weighted by atomic mass is 10.2. The Bertz CT molecular complexity index is 970. The molecule has 1 amide bonds. The number of amides is 1. The Morgan fingerprint density at radius 3 is 2.52 bits per heavy atom. The van der Waals surface area contributed by atoms with Crippen molar-refractivity contribution < 1.29 is 4.79 Å². The van der Waals surface area contributed by atoms with Gasteiger partial charge in [-0.2, -0.15) is 5.10 Å². The molecule has 0 spiro atoms. The van der Waals surface area contributed by atoms with Gasteiger partial charge in [0.2, 0.25) is 0 Å². The topological polar surface area (TPSA) is 65.8 Å². The van der Waals surface area contributed by atoms with Crippen LogP contribution in [0.15, 0.2) is 36.5 Å². The van der Waals surface area contributed by atoms with E-state index in [4.69, 9.17) is 4.98 Å². The van der Waals surface area contributed by atoms with Gasteiger partial charge in [-0.05, 0) is 44.0 Å². The molecular formula is C20H24N6O. The Kier molecular flexibility index (Phi) is 4.43. The highest BCUT2D eigenvalue weighted by Crippen LogP contribution is 2.25. The predicted molar refractivity (Wildman–Crippen MR) is 108 cm³/mol. The molecule has 1 fully saturated rings. The lowest BCUT2D eigenvalue weighted by Gasteiger charge is -2.17. The first-order valence-corrected chi connectivity index (χ1v) is 9.22. The number of fused-ring (bicyclic) bond motifs is 1. The van der Waals surface area contributed by atoms with Gasteiger partial charge in [0.15, 0.2) is 11.5 Å². The predicted octanol–water partition coefficient (Wildman–Crippen LogP) is 2.96. The number of aromatic nitrogens is 3. The van der Waals surface area contributed by atoms with E-state index >= 15 is 0 Å². The van der Waals surface area contributed by atoms with Gasteiger partial charge in [-0.25, -0.2) is 9.50 Å². The average molecular weight is 364 g/mol. The minimum absolute atomic E-state index is 0.221. The third kappa shape index (κ3) is 3.45. The molecule has 140 valence electrons. The van der Waals surface area contributed by atoms with E-state index in [1.165, 1.54) is 12.8 Å². The molecule has 0 radical (unpaired) electrons. The van der Waals surface area contributed by atoms with Crippen LogP contribution in [-0.4, -0.2) is 47.7 Å². The number of aryl methyl sites for hydroxylation is 1. The number of rotatable bonds is 4. The lowest BCUT2D eigenvalue weighted by Crippen LogP contribution is -2.20. The van der Waals surface area contributed by atoms with Crippen LogP contribution in [0.5, 0.6) is 0 Å². The van der Waals surface area contributed by atoms with Crippen molar-refractivity contribution in [1.29, 1.82) is 0 Å². The van der Waals surface area contributed by atoms with E-state index < -0.39 is 0 Å². The molecule has 4 rings (SSSR count). The number of anilines is 3. The summed E-state index contributed by atoms with van der Waals surface area (Å²) in [5, 5.41) is 7.40. The van der Waals surface area contributed by atoms with Crippen LogP contribution in [0.3, 0.4) is 0 Å². The second-order valence-corrected chi connectivity index (χ2v) is 7.15. The summed E-state index contributed by atoms with van der Waals surface area (Å²) in [5.74, 6) is 0.690. The highest BCUT2D eigenvalue weighted by molar-refractivity contribution is 6.04. The van der Waals surface area contributed by atoms with Crippen molar-refractivity contribution in [2.24, 2.45) is 0 Å². The van der Waals surface area contributed by atoms with E-state index in [1.54, 1.807) is 4.52 Å². The molecule has 0 saturated carbocycles. The number of hydrogen-bond donors (Lipinski definition) is 1. The standard InChI is InChI=1S/C20H24N6O/c1-14-13-26-18(19(21-14)25-10-4-5-11-25)12-17(23-26)20(27)22-15-6-8-16(9-7-15)24(2)3/h6-9,12-13H,4-5,10-11H2,1-3H3,(H,22,27). The largest absolute Gasteiger partial charge is 0.378 e. The minimum atomic E-state index is -0.221. The minimum Gasteiger partial charge on any atom is -0.378 e. The van der Waals surface area contributed by atoms with E-state index in [2.05, 4.69) is 15.3 Å². The zero-order chi connectivity index (χ0) is 19.0. The third-order valence-electron chi connectivity index (χ3n) is 4.84. The number of hydrogen-bond acceptors (Lipinski definition) is 5. The van der Waals surface area contributed by atoms with E-state index in [1.807, 2.05) is 62.4 Å². The molecule has 27 heavy (non-hydrogen) atoms. The summed E-state index contributed by atoms with van der Waals surface area (Å²) in [7, 11) is 3.97. The molecule has 0 unspecified atom stereocenters. The monoisotopic (exact) mass is 364 g/mol. The molecule has 7 heteroatoms. The molecule has 0 atom stereocenters. The first-order valence-electron chi connectivity index (χ1n) is 9.22. The van der Waals surface area contributed by atoms with Gasteiger partial charge >= 0.3 is 0 Å². The van der Waals surface area contributed by atoms with Gasteiger partial charge < -0.3 is 15.1 Å². The Morgan fingerprint density at radius 1 is 1.15 bits per heavy atom. The van der Waals surface area contributed by atoms with Crippen molar-refractivity contribution in [3.8, 4) is 0 Å². The smallest absolute Gasteiger partial charge is 0.276 e. The van der Waals surface area contributed by atoms with Crippen molar-refractivity contribution in [2.45, 2.75) is 19.8 Å². The zero-order valence-corrected chi connectivity index (χ0v) is 15.9. The summed E-state index contributed by atoms with van der Waals surface area (Å²) >= 11 is 0. The highest BCUT2D eigenvalue weighted by Gasteiger charge is 2.20. The quantitative estimate of drug-likeness (QED) is 0.771. The second-order valence-electron chi connectivity index (χ2n) is 7.15. The molecule has 1 aromatic carbocycles. The summed E-state index contributed by atoms with van der Waals surface area (Å²) in [5.41, 5.74) is 3.98. The fourth-order valence-corrected chi connectivity index (χ4v) is 3.40. The normalized spacial score (nSPS) is 14.0. The summed E-state index contributed by atoms with van der Waals surface area (Å²) < 4.78 is 1.76. The van der Waals surface area contributed by atoms with E-state index in [9.17, 15) is 4.79 Å². The molecule has 0 aliphatic carbocycles. The maximum atomic E-state index is 12.7.